The number of nitrogens with zero attached hydrogens (tertiary/aromatic N) is 1. The molecule has 0 unspecified atom stereocenters. The van der Waals surface area contributed by atoms with Gasteiger partial charge in [0.2, 0.25) is 0 Å². The van der Waals surface area contributed by atoms with Crippen LogP contribution in [0.5, 0.6) is 0 Å². The summed E-state index contributed by atoms with van der Waals surface area (Å²) in [4.78, 5) is 22.7. The van der Waals surface area contributed by atoms with Crippen molar-refractivity contribution in [3.63, 3.8) is 0 Å². The van der Waals surface area contributed by atoms with Crippen LogP contribution < -0.4 is 5.32 Å². The summed E-state index contributed by atoms with van der Waals surface area (Å²) in [6.45, 7) is 0.413. The van der Waals surface area contributed by atoms with Crippen molar-refractivity contribution in [2.24, 2.45) is 0 Å². The van der Waals surface area contributed by atoms with Gasteiger partial charge in [-0.2, -0.15) is 0 Å². The van der Waals surface area contributed by atoms with Crippen LogP contribution >= 0.6 is 0 Å². The van der Waals surface area contributed by atoms with E-state index in [-0.39, 0.29) is 12.8 Å². The number of carboxylic acids is 2. The molecule has 14 heavy (non-hydrogen) atoms. The van der Waals surface area contributed by atoms with Crippen molar-refractivity contribution < 1.29 is 19.8 Å². The highest BCUT2D eigenvalue weighted by atomic mass is 16.4. The first-order valence-electron chi connectivity index (χ1n) is 4.26. The molecule has 0 saturated carbocycles. The molecule has 0 spiro atoms. The Morgan fingerprint density at radius 2 is 1.93 bits per heavy atom. The molecular formula is C8H16N2O4. The average molecular weight is 204 g/mol. The Labute approximate surface area is 82.5 Å². The first-order chi connectivity index (χ1) is 6.43. The van der Waals surface area contributed by atoms with Crippen LogP contribution in [-0.4, -0.2) is 53.9 Å². The number of rotatable bonds is 7. The topological polar surface area (TPSA) is 89.9 Å². The molecule has 0 bridgehead atoms. The lowest BCUT2D eigenvalue weighted by Gasteiger charge is -2.16. The number of hydrogen-bond donors (Lipinski definition) is 3. The first kappa shape index (κ1) is 12.9. The molecule has 0 aromatic carbocycles. The highest BCUT2D eigenvalue weighted by molar-refractivity contribution is 5.75. The van der Waals surface area contributed by atoms with Crippen molar-refractivity contribution in [1.29, 1.82) is 0 Å². The Hall–Kier alpha value is -1.14. The summed E-state index contributed by atoms with van der Waals surface area (Å²) >= 11 is 0. The SMILES string of the molecule is CN(C)CN[C@@H](CCC(=O)O)C(=O)O. The van der Waals surface area contributed by atoms with Gasteiger partial charge in [-0.1, -0.05) is 0 Å². The van der Waals surface area contributed by atoms with Crippen LogP contribution in [0.4, 0.5) is 0 Å². The van der Waals surface area contributed by atoms with E-state index >= 15 is 0 Å². The summed E-state index contributed by atoms with van der Waals surface area (Å²) < 4.78 is 0. The van der Waals surface area contributed by atoms with Crippen molar-refractivity contribution in [2.45, 2.75) is 18.9 Å². The number of nitrogens with one attached hydrogen (secondary N) is 1. The Morgan fingerprint density at radius 1 is 1.36 bits per heavy atom. The molecule has 0 amide bonds. The fraction of sp³-hybridized carbons (Fsp3) is 0.750. The summed E-state index contributed by atoms with van der Waals surface area (Å²) in [5.74, 6) is -2.00. The maximum atomic E-state index is 10.7. The minimum Gasteiger partial charge on any atom is -0.481 e. The molecule has 0 aromatic rings. The molecule has 0 saturated heterocycles. The molecule has 0 fully saturated rings. The minimum absolute atomic E-state index is 0.0957. The quantitative estimate of drug-likeness (QED) is 0.480. The standard InChI is InChI=1S/C8H16N2O4/c1-10(2)5-9-6(8(13)14)3-4-7(11)12/h6,9H,3-5H2,1-2H3,(H,11,12)(H,13,14)/t6-/m0/s1. The fourth-order valence-corrected chi connectivity index (χ4v) is 0.873. The molecule has 82 valence electrons. The monoisotopic (exact) mass is 204 g/mol. The fourth-order valence-electron chi connectivity index (χ4n) is 0.873. The smallest absolute Gasteiger partial charge is 0.320 e. The van der Waals surface area contributed by atoms with Crippen LogP contribution in [0.1, 0.15) is 12.8 Å². The zero-order chi connectivity index (χ0) is 11.1. The van der Waals surface area contributed by atoms with Crippen LogP contribution in [0.15, 0.2) is 0 Å². The van der Waals surface area contributed by atoms with Gasteiger partial charge in [-0.15, -0.1) is 0 Å². The Bertz CT molecular complexity index is 206. The lowest BCUT2D eigenvalue weighted by molar-refractivity contribution is -0.140. The van der Waals surface area contributed by atoms with Gasteiger partial charge in [0.1, 0.15) is 6.04 Å². The van der Waals surface area contributed by atoms with Crippen LogP contribution in [0, 0.1) is 0 Å². The molecule has 0 aromatic heterocycles. The average Bonchev–Trinajstić information content (AvgIpc) is 2.02. The van der Waals surface area contributed by atoms with Gasteiger partial charge in [-0.3, -0.25) is 19.8 Å². The van der Waals surface area contributed by atoms with Crippen LogP contribution in [0.3, 0.4) is 0 Å². The molecule has 6 heteroatoms. The third-order valence-electron chi connectivity index (χ3n) is 1.60. The molecule has 6 nitrogen and oxygen atoms in total. The highest BCUT2D eigenvalue weighted by Crippen LogP contribution is 1.97. The van der Waals surface area contributed by atoms with E-state index in [1.54, 1.807) is 19.0 Å². The second kappa shape index (κ2) is 6.33. The van der Waals surface area contributed by atoms with E-state index in [0.717, 1.165) is 0 Å². The molecule has 0 aliphatic rings. The van der Waals surface area contributed by atoms with E-state index in [0.29, 0.717) is 6.67 Å². The van der Waals surface area contributed by atoms with Gasteiger partial charge >= 0.3 is 11.9 Å². The van der Waals surface area contributed by atoms with Crippen molar-refractivity contribution >= 4 is 11.9 Å². The molecule has 0 radical (unpaired) electrons. The molecular weight excluding hydrogens is 188 g/mol. The second-order valence-corrected chi connectivity index (χ2v) is 3.27. The predicted octanol–water partition coefficient (Wildman–Crippen LogP) is -0.587. The van der Waals surface area contributed by atoms with Gasteiger partial charge in [-0.05, 0) is 20.5 Å². The van der Waals surface area contributed by atoms with Gasteiger partial charge in [0.15, 0.2) is 0 Å². The third kappa shape index (κ3) is 6.38. The molecule has 0 aliphatic heterocycles. The van der Waals surface area contributed by atoms with Crippen molar-refractivity contribution in [2.75, 3.05) is 20.8 Å². The van der Waals surface area contributed by atoms with Crippen LogP contribution in [0.2, 0.25) is 0 Å². The van der Waals surface area contributed by atoms with Gasteiger partial charge in [0.05, 0.1) is 0 Å². The molecule has 0 aliphatic carbocycles. The van der Waals surface area contributed by atoms with Crippen molar-refractivity contribution in [3.8, 4) is 0 Å². The predicted molar refractivity (Wildman–Crippen MR) is 50.0 cm³/mol. The normalized spacial score (nSPS) is 12.8. The third-order valence-corrected chi connectivity index (χ3v) is 1.60. The van der Waals surface area contributed by atoms with Crippen LogP contribution in [0.25, 0.3) is 0 Å². The number of carboxylic acid groups (broad SMARTS) is 2. The van der Waals surface area contributed by atoms with E-state index in [2.05, 4.69) is 5.32 Å². The molecule has 0 rings (SSSR count). The number of aliphatic carboxylic acids is 2. The minimum atomic E-state index is -1.02. The van der Waals surface area contributed by atoms with E-state index in [9.17, 15) is 9.59 Å². The van der Waals surface area contributed by atoms with Gasteiger partial charge in [0.25, 0.3) is 0 Å². The van der Waals surface area contributed by atoms with E-state index < -0.39 is 18.0 Å². The maximum Gasteiger partial charge on any atom is 0.320 e. The van der Waals surface area contributed by atoms with E-state index in [4.69, 9.17) is 10.2 Å². The number of carbonyl (C=O) groups is 2. The van der Waals surface area contributed by atoms with Crippen LogP contribution in [-0.2, 0) is 9.59 Å². The summed E-state index contributed by atoms with van der Waals surface area (Å²) in [6.07, 6.45) is -0.0457. The Kier molecular flexibility index (Phi) is 5.82. The summed E-state index contributed by atoms with van der Waals surface area (Å²) in [5, 5.41) is 19.9. The van der Waals surface area contributed by atoms with Gasteiger partial charge in [0, 0.05) is 13.1 Å². The molecule has 3 N–H and O–H groups in total. The largest absolute Gasteiger partial charge is 0.481 e. The summed E-state index contributed by atoms with van der Waals surface area (Å²) in [6, 6.07) is -0.798. The van der Waals surface area contributed by atoms with Crippen molar-refractivity contribution in [1.82, 2.24) is 10.2 Å². The Balaban J connectivity index is 3.90. The van der Waals surface area contributed by atoms with Gasteiger partial charge in [-0.25, -0.2) is 0 Å². The Morgan fingerprint density at radius 3 is 2.29 bits per heavy atom. The maximum absolute atomic E-state index is 10.7. The zero-order valence-electron chi connectivity index (χ0n) is 8.36. The highest BCUT2D eigenvalue weighted by Gasteiger charge is 2.17. The lowest BCUT2D eigenvalue weighted by Crippen LogP contribution is -2.41. The second-order valence-electron chi connectivity index (χ2n) is 3.27. The van der Waals surface area contributed by atoms with Crippen molar-refractivity contribution in [3.05, 3.63) is 0 Å². The summed E-state index contributed by atoms with van der Waals surface area (Å²) in [7, 11) is 3.59. The number of hydrogen-bond acceptors (Lipinski definition) is 4. The lowest BCUT2D eigenvalue weighted by atomic mass is 10.1. The zero-order valence-corrected chi connectivity index (χ0v) is 8.36. The van der Waals surface area contributed by atoms with E-state index in [1.165, 1.54) is 0 Å². The molecule has 1 atom stereocenters. The molecule has 0 heterocycles. The summed E-state index contributed by atoms with van der Waals surface area (Å²) in [5.41, 5.74) is 0. The van der Waals surface area contributed by atoms with E-state index in [1.807, 2.05) is 0 Å². The first-order valence-corrected chi connectivity index (χ1v) is 4.26. The van der Waals surface area contributed by atoms with Gasteiger partial charge < -0.3 is 10.2 Å².